The lowest BCUT2D eigenvalue weighted by Gasteiger charge is -2.45. The van der Waals surface area contributed by atoms with Crippen LogP contribution < -0.4 is 20.5 Å². The van der Waals surface area contributed by atoms with E-state index in [1.165, 1.54) is 45.4 Å². The van der Waals surface area contributed by atoms with Gasteiger partial charge in [0.25, 0.3) is 0 Å². The van der Waals surface area contributed by atoms with Crippen LogP contribution in [0.2, 0.25) is 0 Å². The van der Waals surface area contributed by atoms with Gasteiger partial charge in [-0.2, -0.15) is 0 Å². The summed E-state index contributed by atoms with van der Waals surface area (Å²) in [5, 5.41) is 43.3. The molecule has 0 saturated carbocycles. The summed E-state index contributed by atoms with van der Waals surface area (Å²) in [5.74, 6) is 0.226. The molecule has 1 aliphatic rings. The number of hydrogen-bond donors (Lipinski definition) is 4. The summed E-state index contributed by atoms with van der Waals surface area (Å²) in [4.78, 5) is 24.1. The molecule has 1 aliphatic heterocycles. The van der Waals surface area contributed by atoms with Gasteiger partial charge in [0, 0.05) is 18.2 Å². The third-order valence-electron chi connectivity index (χ3n) is 7.00. The third-order valence-corrected chi connectivity index (χ3v) is 7.00. The first-order valence-electron chi connectivity index (χ1n) is 12.8. The molecule has 0 radical (unpaired) electrons. The molecule has 0 amide bonds. The topological polar surface area (TPSA) is 191 Å². The number of furan rings is 1. The smallest absolute Gasteiger partial charge is 0.336 e. The highest BCUT2D eigenvalue weighted by atomic mass is 16.7. The molecule has 1 saturated heterocycles. The van der Waals surface area contributed by atoms with Crippen LogP contribution in [0.25, 0.3) is 21.9 Å². The highest BCUT2D eigenvalue weighted by Crippen LogP contribution is 2.36. The number of fused-ring (bicyclic) bond motifs is 2. The van der Waals surface area contributed by atoms with Gasteiger partial charge >= 0.3 is 5.63 Å². The number of aliphatic hydroxyl groups is 4. The van der Waals surface area contributed by atoms with E-state index in [4.69, 9.17) is 32.2 Å². The Morgan fingerprint density at radius 1 is 0.976 bits per heavy atom. The molecule has 13 heteroatoms. The van der Waals surface area contributed by atoms with Crippen molar-refractivity contribution in [2.75, 3.05) is 13.2 Å². The Morgan fingerprint density at radius 2 is 1.71 bits per heavy atom. The predicted molar refractivity (Wildman–Crippen MR) is 141 cm³/mol. The molecule has 5 rings (SSSR count). The Bertz CT molecular complexity index is 1630. The van der Waals surface area contributed by atoms with Crippen LogP contribution in [0.5, 0.6) is 11.5 Å². The number of benzene rings is 1. The standard InChI is InChI=1S/C28H30O13/c1-13-24(16(30)7-9-35-13)40-27-26(23(34)22(33)19(11-29)39-27)41-28(2,3)20(31)12-37-25-14-4-5-21(32)38-18(14)10-17-15(25)6-8-36-17/h4-10,19-20,22-23,26-27,29,31,33-34H,11-12H2,1-3H3/t19-,20+,22-,23+,26-,27+/m1/s1. The summed E-state index contributed by atoms with van der Waals surface area (Å²) in [5.41, 5.74) is -1.90. The van der Waals surface area contributed by atoms with E-state index in [0.717, 1.165) is 6.07 Å². The number of aliphatic hydroxyl groups excluding tert-OH is 4. The van der Waals surface area contributed by atoms with Crippen molar-refractivity contribution >= 4 is 21.9 Å². The van der Waals surface area contributed by atoms with Crippen LogP contribution in [-0.2, 0) is 9.47 Å². The van der Waals surface area contributed by atoms with Gasteiger partial charge in [-0.15, -0.1) is 0 Å². The molecule has 13 nitrogen and oxygen atoms in total. The minimum absolute atomic E-state index is 0.130. The van der Waals surface area contributed by atoms with E-state index < -0.39 is 60.1 Å². The minimum Gasteiger partial charge on any atom is -0.489 e. The summed E-state index contributed by atoms with van der Waals surface area (Å²) in [7, 11) is 0. The molecule has 0 aliphatic carbocycles. The maximum atomic E-state index is 12.4. The van der Waals surface area contributed by atoms with E-state index in [1.807, 2.05) is 0 Å². The molecule has 0 bridgehead atoms. The van der Waals surface area contributed by atoms with E-state index >= 15 is 0 Å². The molecule has 4 heterocycles. The van der Waals surface area contributed by atoms with Crippen LogP contribution in [0, 0.1) is 6.92 Å². The molecule has 3 aromatic heterocycles. The lowest BCUT2D eigenvalue weighted by molar-refractivity contribution is -0.312. The number of aryl methyl sites for hydroxylation is 1. The quantitative estimate of drug-likeness (QED) is 0.209. The molecule has 4 N–H and O–H groups in total. The van der Waals surface area contributed by atoms with Crippen molar-refractivity contribution in [2.45, 2.75) is 63.2 Å². The van der Waals surface area contributed by atoms with Crippen LogP contribution in [0.15, 0.2) is 65.7 Å². The van der Waals surface area contributed by atoms with E-state index in [0.29, 0.717) is 22.1 Å². The highest BCUT2D eigenvalue weighted by molar-refractivity contribution is 6.01. The second-order valence-corrected chi connectivity index (χ2v) is 10.2. The van der Waals surface area contributed by atoms with E-state index in [9.17, 15) is 30.0 Å². The predicted octanol–water partition coefficient (Wildman–Crippen LogP) is 1.22. The molecule has 1 aromatic carbocycles. The molecular weight excluding hydrogens is 544 g/mol. The number of ether oxygens (including phenoxy) is 4. The molecule has 1 fully saturated rings. The molecule has 220 valence electrons. The third kappa shape index (κ3) is 5.60. The monoisotopic (exact) mass is 574 g/mol. The first kappa shape index (κ1) is 28.8. The van der Waals surface area contributed by atoms with Crippen LogP contribution in [0.4, 0.5) is 0 Å². The lowest BCUT2D eigenvalue weighted by Crippen LogP contribution is -2.63. The Kier molecular flexibility index (Phi) is 7.92. The molecule has 0 spiro atoms. The van der Waals surface area contributed by atoms with Gasteiger partial charge in [0.05, 0.1) is 35.5 Å². The zero-order valence-corrected chi connectivity index (χ0v) is 22.4. The van der Waals surface area contributed by atoms with Crippen molar-refractivity contribution in [3.05, 3.63) is 69.3 Å². The van der Waals surface area contributed by atoms with Crippen molar-refractivity contribution in [3.63, 3.8) is 0 Å². The number of rotatable bonds is 9. The maximum Gasteiger partial charge on any atom is 0.336 e. The first-order valence-corrected chi connectivity index (χ1v) is 12.8. The second-order valence-electron chi connectivity index (χ2n) is 10.2. The summed E-state index contributed by atoms with van der Waals surface area (Å²) in [6.07, 6.45) is -6.05. The van der Waals surface area contributed by atoms with Crippen molar-refractivity contribution in [1.82, 2.24) is 0 Å². The lowest BCUT2D eigenvalue weighted by atomic mass is 9.96. The highest BCUT2D eigenvalue weighted by Gasteiger charge is 2.49. The Morgan fingerprint density at radius 3 is 2.44 bits per heavy atom. The fourth-order valence-electron chi connectivity index (χ4n) is 4.59. The van der Waals surface area contributed by atoms with Gasteiger partial charge in [0.15, 0.2) is 0 Å². The van der Waals surface area contributed by atoms with Crippen molar-refractivity contribution in [2.24, 2.45) is 0 Å². The summed E-state index contributed by atoms with van der Waals surface area (Å²) in [6, 6.07) is 7.15. The SMILES string of the molecule is Cc1occc(=O)c1O[C@@H]1O[C@H](CO)[C@@H](O)[C@H](O)[C@H]1OC(C)(C)[C@@H](O)COc1c2ccoc2cc2oc(=O)ccc12. The molecule has 41 heavy (non-hydrogen) atoms. The largest absolute Gasteiger partial charge is 0.489 e. The minimum atomic E-state index is -1.64. The molecule has 6 atom stereocenters. The fourth-order valence-corrected chi connectivity index (χ4v) is 4.59. The van der Waals surface area contributed by atoms with Crippen LogP contribution in [-0.4, -0.2) is 76.1 Å². The average molecular weight is 575 g/mol. The van der Waals surface area contributed by atoms with Gasteiger partial charge < -0.3 is 52.6 Å². The average Bonchev–Trinajstić information content (AvgIpc) is 3.40. The van der Waals surface area contributed by atoms with Crippen LogP contribution in [0.3, 0.4) is 0 Å². The Balaban J connectivity index is 1.38. The fraction of sp³-hybridized carbons (Fsp3) is 0.429. The summed E-state index contributed by atoms with van der Waals surface area (Å²) in [6.45, 7) is 3.56. The number of hydrogen-bond acceptors (Lipinski definition) is 13. The zero-order valence-electron chi connectivity index (χ0n) is 22.4. The Hall–Kier alpha value is -3.72. The van der Waals surface area contributed by atoms with Gasteiger partial charge in [0.2, 0.25) is 17.5 Å². The molecule has 0 unspecified atom stereocenters. The summed E-state index contributed by atoms with van der Waals surface area (Å²) >= 11 is 0. The summed E-state index contributed by atoms with van der Waals surface area (Å²) < 4.78 is 39.4. The van der Waals surface area contributed by atoms with Crippen molar-refractivity contribution in [3.8, 4) is 11.5 Å². The van der Waals surface area contributed by atoms with Gasteiger partial charge in [-0.05, 0) is 32.9 Å². The maximum absolute atomic E-state index is 12.4. The van der Waals surface area contributed by atoms with Gasteiger partial charge in [-0.3, -0.25) is 4.79 Å². The normalized spacial score (nSPS) is 24.0. The van der Waals surface area contributed by atoms with E-state index in [1.54, 1.807) is 12.1 Å². The second kappa shape index (κ2) is 11.3. The molecule has 4 aromatic rings. The van der Waals surface area contributed by atoms with E-state index in [-0.39, 0.29) is 23.7 Å². The Labute approximate surface area is 232 Å². The first-order chi connectivity index (χ1) is 19.5. The van der Waals surface area contributed by atoms with Gasteiger partial charge in [-0.1, -0.05) is 0 Å². The van der Waals surface area contributed by atoms with Gasteiger partial charge in [0.1, 0.15) is 59.8 Å². The van der Waals surface area contributed by atoms with Gasteiger partial charge in [-0.25, -0.2) is 4.79 Å². The van der Waals surface area contributed by atoms with E-state index in [2.05, 4.69) is 0 Å². The molecular formula is C28H30O13. The van der Waals surface area contributed by atoms with Crippen LogP contribution >= 0.6 is 0 Å². The van der Waals surface area contributed by atoms with Crippen molar-refractivity contribution < 1.29 is 52.6 Å². The van der Waals surface area contributed by atoms with Crippen LogP contribution in [0.1, 0.15) is 19.6 Å². The zero-order chi connectivity index (χ0) is 29.5. The van der Waals surface area contributed by atoms with Crippen molar-refractivity contribution in [1.29, 1.82) is 0 Å².